The maximum Gasteiger partial charge on any atom is 0.235 e. The van der Waals surface area contributed by atoms with Gasteiger partial charge in [0.1, 0.15) is 5.69 Å². The second kappa shape index (κ2) is 8.01. The van der Waals surface area contributed by atoms with Crippen LogP contribution in [0, 0.1) is 0 Å². The van der Waals surface area contributed by atoms with Crippen LogP contribution in [0.2, 0.25) is 0 Å². The lowest BCUT2D eigenvalue weighted by atomic mass is 10.1. The number of ether oxygens (including phenoxy) is 3. The highest BCUT2D eigenvalue weighted by atomic mass is 16.5. The average Bonchev–Trinajstić information content (AvgIpc) is 2.65. The monoisotopic (exact) mass is 271 g/mol. The Morgan fingerprint density at radius 2 is 1.95 bits per heavy atom. The summed E-state index contributed by atoms with van der Waals surface area (Å²) in [6.45, 7) is 6.57. The lowest BCUT2D eigenvalue weighted by Crippen LogP contribution is -2.08. The highest BCUT2D eigenvalue weighted by Crippen LogP contribution is 2.29. The van der Waals surface area contributed by atoms with Crippen molar-refractivity contribution in [1.29, 1.82) is 0 Å². The van der Waals surface area contributed by atoms with Crippen molar-refractivity contribution in [3.63, 3.8) is 0 Å². The van der Waals surface area contributed by atoms with E-state index in [1.54, 1.807) is 11.8 Å². The molecule has 0 saturated heterocycles. The third-order valence-electron chi connectivity index (χ3n) is 2.71. The number of nitrogens with two attached hydrogens (primary N) is 1. The first-order valence-corrected chi connectivity index (χ1v) is 6.59. The van der Waals surface area contributed by atoms with E-state index in [1.807, 2.05) is 7.05 Å². The molecule has 6 heteroatoms. The minimum atomic E-state index is 0.293. The molecule has 0 fully saturated rings. The topological polar surface area (TPSA) is 71.5 Å². The molecule has 0 unspecified atom stereocenters. The van der Waals surface area contributed by atoms with Crippen LogP contribution in [0.4, 0.5) is 5.69 Å². The van der Waals surface area contributed by atoms with Crippen molar-refractivity contribution in [3.8, 4) is 5.88 Å². The van der Waals surface area contributed by atoms with Crippen molar-refractivity contribution < 1.29 is 14.2 Å². The van der Waals surface area contributed by atoms with Gasteiger partial charge in [-0.05, 0) is 5.92 Å². The molecular formula is C13H25N3O3. The SMILES string of the molecule is COCCOCCCOc1c(N)c(C(C)C)nn1C. The summed E-state index contributed by atoms with van der Waals surface area (Å²) < 4.78 is 17.6. The molecule has 0 radical (unpaired) electrons. The van der Waals surface area contributed by atoms with Gasteiger partial charge in [0.25, 0.3) is 0 Å². The Balaban J connectivity index is 2.33. The van der Waals surface area contributed by atoms with E-state index in [-0.39, 0.29) is 0 Å². The maximum atomic E-state index is 6.03. The Labute approximate surface area is 114 Å². The van der Waals surface area contributed by atoms with Crippen LogP contribution < -0.4 is 10.5 Å². The number of methoxy groups -OCH3 is 1. The van der Waals surface area contributed by atoms with Crippen LogP contribution in [0.15, 0.2) is 0 Å². The van der Waals surface area contributed by atoms with Gasteiger partial charge in [0.05, 0.1) is 25.5 Å². The van der Waals surface area contributed by atoms with Crippen molar-refractivity contribution in [2.24, 2.45) is 7.05 Å². The summed E-state index contributed by atoms with van der Waals surface area (Å²) in [7, 11) is 3.50. The molecule has 0 aliphatic heterocycles. The number of hydrogen-bond donors (Lipinski definition) is 1. The van der Waals surface area contributed by atoms with E-state index in [4.69, 9.17) is 19.9 Å². The Hall–Kier alpha value is -1.27. The Morgan fingerprint density at radius 1 is 1.21 bits per heavy atom. The zero-order valence-electron chi connectivity index (χ0n) is 12.3. The minimum Gasteiger partial charge on any atom is -0.476 e. The maximum absolute atomic E-state index is 6.03. The molecule has 19 heavy (non-hydrogen) atoms. The predicted octanol–water partition coefficient (Wildman–Crippen LogP) is 1.56. The van der Waals surface area contributed by atoms with Crippen molar-refractivity contribution in [1.82, 2.24) is 9.78 Å². The van der Waals surface area contributed by atoms with Crippen molar-refractivity contribution in [3.05, 3.63) is 5.69 Å². The van der Waals surface area contributed by atoms with Gasteiger partial charge in [-0.15, -0.1) is 0 Å². The number of aromatic nitrogens is 2. The van der Waals surface area contributed by atoms with Gasteiger partial charge in [-0.1, -0.05) is 13.8 Å². The van der Waals surface area contributed by atoms with E-state index >= 15 is 0 Å². The summed E-state index contributed by atoms with van der Waals surface area (Å²) in [5.74, 6) is 0.932. The highest BCUT2D eigenvalue weighted by Gasteiger charge is 2.16. The number of hydrogen-bond acceptors (Lipinski definition) is 5. The molecule has 1 aromatic rings. The van der Waals surface area contributed by atoms with E-state index in [0.29, 0.717) is 43.9 Å². The van der Waals surface area contributed by atoms with Gasteiger partial charge in [0.2, 0.25) is 5.88 Å². The zero-order valence-corrected chi connectivity index (χ0v) is 12.3. The Bertz CT molecular complexity index is 377. The fourth-order valence-corrected chi connectivity index (χ4v) is 1.72. The third-order valence-corrected chi connectivity index (χ3v) is 2.71. The zero-order chi connectivity index (χ0) is 14.3. The van der Waals surface area contributed by atoms with Crippen LogP contribution in [0.1, 0.15) is 31.9 Å². The van der Waals surface area contributed by atoms with E-state index < -0.39 is 0 Å². The molecule has 1 heterocycles. The smallest absolute Gasteiger partial charge is 0.235 e. The van der Waals surface area contributed by atoms with Gasteiger partial charge in [-0.2, -0.15) is 5.10 Å². The molecule has 0 aromatic carbocycles. The summed E-state index contributed by atoms with van der Waals surface area (Å²) >= 11 is 0. The van der Waals surface area contributed by atoms with Gasteiger partial charge in [0.15, 0.2) is 0 Å². The molecule has 0 aliphatic carbocycles. The largest absolute Gasteiger partial charge is 0.476 e. The van der Waals surface area contributed by atoms with Gasteiger partial charge in [-0.25, -0.2) is 4.68 Å². The lowest BCUT2D eigenvalue weighted by molar-refractivity contribution is 0.0640. The molecule has 2 N–H and O–H groups in total. The van der Waals surface area contributed by atoms with Gasteiger partial charge >= 0.3 is 0 Å². The molecule has 6 nitrogen and oxygen atoms in total. The number of anilines is 1. The first-order chi connectivity index (χ1) is 9.07. The number of nitrogen functional groups attached to an aromatic ring is 1. The summed E-state index contributed by atoms with van der Waals surface area (Å²) in [6.07, 6.45) is 0.811. The predicted molar refractivity (Wildman–Crippen MR) is 74.5 cm³/mol. The van der Waals surface area contributed by atoms with Crippen molar-refractivity contribution in [2.75, 3.05) is 39.3 Å². The van der Waals surface area contributed by atoms with Crippen LogP contribution in [0.25, 0.3) is 0 Å². The fourth-order valence-electron chi connectivity index (χ4n) is 1.72. The summed E-state index contributed by atoms with van der Waals surface area (Å²) in [5, 5.41) is 4.37. The number of aryl methyl sites for hydroxylation is 1. The molecular weight excluding hydrogens is 246 g/mol. The quantitative estimate of drug-likeness (QED) is 0.690. The molecule has 1 aromatic heterocycles. The highest BCUT2D eigenvalue weighted by molar-refractivity contribution is 5.54. The van der Waals surface area contributed by atoms with Crippen molar-refractivity contribution >= 4 is 5.69 Å². The van der Waals surface area contributed by atoms with E-state index in [9.17, 15) is 0 Å². The van der Waals surface area contributed by atoms with Crippen LogP contribution >= 0.6 is 0 Å². The molecule has 0 amide bonds. The second-order valence-electron chi connectivity index (χ2n) is 4.69. The van der Waals surface area contributed by atoms with Gasteiger partial charge in [0, 0.05) is 27.2 Å². The third kappa shape index (κ3) is 4.72. The Kier molecular flexibility index (Phi) is 6.66. The Morgan fingerprint density at radius 3 is 2.53 bits per heavy atom. The van der Waals surface area contributed by atoms with Gasteiger partial charge in [-0.3, -0.25) is 0 Å². The second-order valence-corrected chi connectivity index (χ2v) is 4.69. The standard InChI is InChI=1S/C13H25N3O3/c1-10(2)12-11(14)13(16(3)15-12)19-7-5-6-18-9-8-17-4/h10H,5-9,14H2,1-4H3. The van der Waals surface area contributed by atoms with E-state index in [0.717, 1.165) is 12.1 Å². The number of rotatable bonds is 9. The first kappa shape index (κ1) is 15.8. The van der Waals surface area contributed by atoms with Crippen molar-refractivity contribution in [2.45, 2.75) is 26.2 Å². The molecule has 110 valence electrons. The lowest BCUT2D eigenvalue weighted by Gasteiger charge is -2.08. The molecule has 0 spiro atoms. The normalized spacial score (nSPS) is 11.2. The minimum absolute atomic E-state index is 0.293. The summed E-state index contributed by atoms with van der Waals surface area (Å²) in [5.41, 5.74) is 7.55. The summed E-state index contributed by atoms with van der Waals surface area (Å²) in [6, 6.07) is 0. The fraction of sp³-hybridized carbons (Fsp3) is 0.769. The van der Waals surface area contributed by atoms with Gasteiger partial charge < -0.3 is 19.9 Å². The molecule has 0 atom stereocenters. The molecule has 0 aliphatic rings. The van der Waals surface area contributed by atoms with Crippen LogP contribution in [0.3, 0.4) is 0 Å². The molecule has 1 rings (SSSR count). The molecule has 0 bridgehead atoms. The number of nitrogens with zero attached hydrogens (tertiary/aromatic N) is 2. The van der Waals surface area contributed by atoms with E-state index in [1.165, 1.54) is 0 Å². The molecule has 0 saturated carbocycles. The van der Waals surface area contributed by atoms with Crippen LogP contribution in [-0.4, -0.2) is 43.3 Å². The average molecular weight is 271 g/mol. The van der Waals surface area contributed by atoms with E-state index in [2.05, 4.69) is 18.9 Å². The summed E-state index contributed by atoms with van der Waals surface area (Å²) in [4.78, 5) is 0. The first-order valence-electron chi connectivity index (χ1n) is 6.59. The van der Waals surface area contributed by atoms with Crippen LogP contribution in [0.5, 0.6) is 5.88 Å². The van der Waals surface area contributed by atoms with Crippen LogP contribution in [-0.2, 0) is 16.5 Å².